The highest BCUT2D eigenvalue weighted by atomic mass is 35.5. The number of carbonyl (C=O) groups is 1. The van der Waals surface area contributed by atoms with Gasteiger partial charge < -0.3 is 5.32 Å². The Labute approximate surface area is 164 Å². The average Bonchev–Trinajstić information content (AvgIpc) is 2.54. The molecule has 26 heavy (non-hydrogen) atoms. The number of benzene rings is 2. The van der Waals surface area contributed by atoms with Crippen molar-refractivity contribution in [2.45, 2.75) is 26.3 Å². The summed E-state index contributed by atoms with van der Waals surface area (Å²) in [5, 5.41) is 3.41. The number of carbonyl (C=O) groups excluding carboxylic acids is 1. The summed E-state index contributed by atoms with van der Waals surface area (Å²) in [6, 6.07) is 10.8. The second kappa shape index (κ2) is 8.29. The van der Waals surface area contributed by atoms with Gasteiger partial charge in [0.25, 0.3) is 0 Å². The van der Waals surface area contributed by atoms with E-state index in [2.05, 4.69) is 5.32 Å². The quantitative estimate of drug-likeness (QED) is 0.756. The van der Waals surface area contributed by atoms with E-state index in [1.54, 1.807) is 37.3 Å². The van der Waals surface area contributed by atoms with Gasteiger partial charge in [0.1, 0.15) is 6.04 Å². The maximum absolute atomic E-state index is 12.8. The lowest BCUT2D eigenvalue weighted by molar-refractivity contribution is -0.117. The summed E-state index contributed by atoms with van der Waals surface area (Å²) in [5.41, 5.74) is 1.66. The Balaban J connectivity index is 2.41. The van der Waals surface area contributed by atoms with Gasteiger partial charge in [0.15, 0.2) is 0 Å². The van der Waals surface area contributed by atoms with Crippen molar-refractivity contribution in [1.82, 2.24) is 0 Å². The summed E-state index contributed by atoms with van der Waals surface area (Å²) in [6.07, 6.45) is 1.36. The molecule has 2 aromatic carbocycles. The highest BCUT2D eigenvalue weighted by Gasteiger charge is 2.31. The molecule has 0 aliphatic carbocycles. The van der Waals surface area contributed by atoms with Crippen LogP contribution in [0.2, 0.25) is 10.0 Å². The molecule has 5 nitrogen and oxygen atoms in total. The van der Waals surface area contributed by atoms with Crippen LogP contribution >= 0.6 is 23.2 Å². The topological polar surface area (TPSA) is 66.5 Å². The number of nitrogens with zero attached hydrogens (tertiary/aromatic N) is 1. The third-order valence-electron chi connectivity index (χ3n) is 3.77. The van der Waals surface area contributed by atoms with E-state index >= 15 is 0 Å². The lowest BCUT2D eigenvalue weighted by Crippen LogP contribution is -2.47. The average molecular weight is 415 g/mol. The van der Waals surface area contributed by atoms with Crippen LogP contribution in [-0.4, -0.2) is 26.6 Å². The number of nitrogens with one attached hydrogen (secondary N) is 1. The van der Waals surface area contributed by atoms with Crippen molar-refractivity contribution in [2.24, 2.45) is 0 Å². The number of hydrogen-bond acceptors (Lipinski definition) is 3. The number of anilines is 2. The van der Waals surface area contributed by atoms with Gasteiger partial charge in [0.05, 0.1) is 22.7 Å². The number of rotatable bonds is 6. The van der Waals surface area contributed by atoms with Gasteiger partial charge >= 0.3 is 0 Å². The van der Waals surface area contributed by atoms with Crippen molar-refractivity contribution in [3.8, 4) is 0 Å². The zero-order chi connectivity index (χ0) is 19.5. The zero-order valence-corrected chi connectivity index (χ0v) is 17.0. The van der Waals surface area contributed by atoms with Crippen LogP contribution in [0.5, 0.6) is 0 Å². The SMILES string of the molecule is CCC(C(=O)Nc1cc(Cl)ccc1Cl)N(c1cccc(C)c1)S(C)(=O)=O. The predicted molar refractivity (Wildman–Crippen MR) is 108 cm³/mol. The molecule has 0 saturated carbocycles. The first-order valence-corrected chi connectivity index (χ1v) is 10.6. The third-order valence-corrected chi connectivity index (χ3v) is 5.52. The largest absolute Gasteiger partial charge is 0.323 e. The molecule has 1 unspecified atom stereocenters. The van der Waals surface area contributed by atoms with E-state index in [0.29, 0.717) is 21.4 Å². The molecule has 0 aromatic heterocycles. The summed E-state index contributed by atoms with van der Waals surface area (Å²) in [6.45, 7) is 3.61. The minimum Gasteiger partial charge on any atom is -0.323 e. The van der Waals surface area contributed by atoms with Gasteiger partial charge in [-0.3, -0.25) is 9.10 Å². The van der Waals surface area contributed by atoms with Crippen LogP contribution in [0.4, 0.5) is 11.4 Å². The van der Waals surface area contributed by atoms with Crippen LogP contribution < -0.4 is 9.62 Å². The molecule has 1 N–H and O–H groups in total. The molecule has 0 saturated heterocycles. The highest BCUT2D eigenvalue weighted by molar-refractivity contribution is 7.92. The van der Waals surface area contributed by atoms with Crippen LogP contribution in [-0.2, 0) is 14.8 Å². The molecular weight excluding hydrogens is 395 g/mol. The molecule has 0 fully saturated rings. The molecule has 2 aromatic rings. The minimum atomic E-state index is -3.69. The summed E-state index contributed by atoms with van der Waals surface area (Å²) in [4.78, 5) is 12.8. The van der Waals surface area contributed by atoms with Crippen molar-refractivity contribution in [3.63, 3.8) is 0 Å². The molecule has 0 aliphatic rings. The van der Waals surface area contributed by atoms with Crippen molar-refractivity contribution in [1.29, 1.82) is 0 Å². The minimum absolute atomic E-state index is 0.283. The summed E-state index contributed by atoms with van der Waals surface area (Å²) < 4.78 is 26.0. The summed E-state index contributed by atoms with van der Waals surface area (Å²) in [5.74, 6) is -0.483. The van der Waals surface area contributed by atoms with Gasteiger partial charge in [-0.1, -0.05) is 42.3 Å². The number of aryl methyl sites for hydroxylation is 1. The molecule has 0 bridgehead atoms. The molecule has 0 heterocycles. The van der Waals surface area contributed by atoms with E-state index in [0.717, 1.165) is 16.1 Å². The summed E-state index contributed by atoms with van der Waals surface area (Å²) in [7, 11) is -3.69. The van der Waals surface area contributed by atoms with E-state index in [-0.39, 0.29) is 6.42 Å². The molecular formula is C18H20Cl2N2O3S. The van der Waals surface area contributed by atoms with E-state index in [4.69, 9.17) is 23.2 Å². The van der Waals surface area contributed by atoms with E-state index in [9.17, 15) is 13.2 Å². The molecule has 1 amide bonds. The van der Waals surface area contributed by atoms with Gasteiger partial charge in [0.2, 0.25) is 15.9 Å². The van der Waals surface area contributed by atoms with E-state index in [1.807, 2.05) is 13.0 Å². The van der Waals surface area contributed by atoms with Crippen LogP contribution in [0, 0.1) is 6.92 Å². The first-order valence-electron chi connectivity index (χ1n) is 7.95. The highest BCUT2D eigenvalue weighted by Crippen LogP contribution is 2.28. The molecule has 1 atom stereocenters. The van der Waals surface area contributed by atoms with Gasteiger partial charge in [-0.05, 0) is 49.2 Å². The van der Waals surface area contributed by atoms with E-state index < -0.39 is 22.0 Å². The predicted octanol–water partition coefficient (Wildman–Crippen LogP) is 4.49. The lowest BCUT2D eigenvalue weighted by atomic mass is 10.1. The van der Waals surface area contributed by atoms with Crippen LogP contribution in [0.15, 0.2) is 42.5 Å². The maximum atomic E-state index is 12.8. The molecule has 0 radical (unpaired) electrons. The first kappa shape index (κ1) is 20.6. The van der Waals surface area contributed by atoms with Gasteiger partial charge in [-0.25, -0.2) is 8.42 Å². The van der Waals surface area contributed by atoms with Gasteiger partial charge in [-0.15, -0.1) is 0 Å². The van der Waals surface area contributed by atoms with Crippen LogP contribution in [0.1, 0.15) is 18.9 Å². The monoisotopic (exact) mass is 414 g/mol. The van der Waals surface area contributed by atoms with Crippen LogP contribution in [0.3, 0.4) is 0 Å². The fourth-order valence-corrected chi connectivity index (χ4v) is 4.18. The van der Waals surface area contributed by atoms with Crippen LogP contribution in [0.25, 0.3) is 0 Å². The normalized spacial score (nSPS) is 12.5. The Morgan fingerprint density at radius 1 is 1.19 bits per heavy atom. The fraction of sp³-hybridized carbons (Fsp3) is 0.278. The maximum Gasteiger partial charge on any atom is 0.248 e. The lowest BCUT2D eigenvalue weighted by Gasteiger charge is -2.30. The summed E-state index contributed by atoms with van der Waals surface area (Å²) >= 11 is 12.0. The fourth-order valence-electron chi connectivity index (χ4n) is 2.63. The second-order valence-corrected chi connectivity index (χ2v) is 8.64. The standard InChI is InChI=1S/C18H20Cl2N2O3S/c1-4-17(18(23)21-16-11-13(19)8-9-15(16)20)22(26(3,24)25)14-7-5-6-12(2)10-14/h5-11,17H,4H2,1-3H3,(H,21,23). The smallest absolute Gasteiger partial charge is 0.248 e. The third kappa shape index (κ3) is 4.90. The Morgan fingerprint density at radius 3 is 2.46 bits per heavy atom. The second-order valence-electron chi connectivity index (χ2n) is 5.94. The molecule has 8 heteroatoms. The number of halogens is 2. The molecule has 0 spiro atoms. The van der Waals surface area contributed by atoms with E-state index in [1.165, 1.54) is 6.07 Å². The van der Waals surface area contributed by atoms with Crippen molar-refractivity contribution < 1.29 is 13.2 Å². The Kier molecular flexibility index (Phi) is 6.55. The Morgan fingerprint density at radius 2 is 1.88 bits per heavy atom. The van der Waals surface area contributed by atoms with Crippen molar-refractivity contribution >= 4 is 50.5 Å². The number of amides is 1. The first-order chi connectivity index (χ1) is 12.1. The zero-order valence-electron chi connectivity index (χ0n) is 14.7. The molecule has 140 valence electrons. The Hall–Kier alpha value is -1.76. The van der Waals surface area contributed by atoms with Gasteiger partial charge in [-0.2, -0.15) is 0 Å². The molecule has 2 rings (SSSR count). The molecule has 0 aliphatic heterocycles. The van der Waals surface area contributed by atoms with Gasteiger partial charge in [0, 0.05) is 5.02 Å². The number of sulfonamides is 1. The number of hydrogen-bond donors (Lipinski definition) is 1. The van der Waals surface area contributed by atoms with Crippen molar-refractivity contribution in [2.75, 3.05) is 15.9 Å². The Bertz CT molecular complexity index is 916. The van der Waals surface area contributed by atoms with Crippen molar-refractivity contribution in [3.05, 3.63) is 58.1 Å².